The van der Waals surface area contributed by atoms with E-state index in [1.807, 2.05) is 6.92 Å². The maximum Gasteiger partial charge on any atom is 0.282 e. The number of hydrogen-bond donors (Lipinski definition) is 1. The lowest BCUT2D eigenvalue weighted by Crippen LogP contribution is -1.97. The van der Waals surface area contributed by atoms with Gasteiger partial charge in [-0.2, -0.15) is 0 Å². The Bertz CT molecular complexity index is 484. The zero-order valence-corrected chi connectivity index (χ0v) is 9.08. The highest BCUT2D eigenvalue weighted by Crippen LogP contribution is 2.28. The predicted molar refractivity (Wildman–Crippen MR) is 54.3 cm³/mol. The molecule has 0 saturated carbocycles. The van der Waals surface area contributed by atoms with E-state index in [1.165, 1.54) is 18.1 Å². The van der Waals surface area contributed by atoms with Gasteiger partial charge in [0, 0.05) is 12.5 Å². The first-order valence-electron chi connectivity index (χ1n) is 4.22. The molecule has 0 fully saturated rings. The molecule has 0 bridgehead atoms. The summed E-state index contributed by atoms with van der Waals surface area (Å²) >= 11 is 1.28. The van der Waals surface area contributed by atoms with Crippen LogP contribution >= 0.6 is 11.8 Å². The maximum atomic E-state index is 5.65. The molecule has 6 nitrogen and oxygen atoms in total. The topological polar surface area (TPSA) is 90.7 Å². The highest BCUT2D eigenvalue weighted by molar-refractivity contribution is 7.99. The molecule has 0 unspecified atom stereocenters. The summed E-state index contributed by atoms with van der Waals surface area (Å²) in [5.74, 6) is 0.987. The van der Waals surface area contributed by atoms with E-state index < -0.39 is 0 Å². The minimum Gasteiger partial charge on any atom is -0.416 e. The average Bonchev–Trinajstić information content (AvgIpc) is 2.59. The van der Waals surface area contributed by atoms with Gasteiger partial charge in [-0.05, 0) is 18.7 Å². The summed E-state index contributed by atoms with van der Waals surface area (Å²) < 4.78 is 5.22. The minimum atomic E-state index is 0.453. The lowest BCUT2D eigenvalue weighted by atomic mass is 10.4. The Hall–Kier alpha value is -1.63. The standard InChI is InChI=1S/C8H9N5OS/c1-4-6(9)10-3-11-7(4)15-8-13-12-5(2)14-8/h3H,1-2H3,(H2,9,10,11). The molecule has 15 heavy (non-hydrogen) atoms. The second-order valence-electron chi connectivity index (χ2n) is 2.88. The molecule has 2 rings (SSSR count). The van der Waals surface area contributed by atoms with Crippen molar-refractivity contribution in [3.8, 4) is 0 Å². The fraction of sp³-hybridized carbons (Fsp3) is 0.250. The first-order chi connectivity index (χ1) is 7.16. The monoisotopic (exact) mass is 223 g/mol. The molecule has 0 amide bonds. The maximum absolute atomic E-state index is 5.65. The second kappa shape index (κ2) is 3.85. The van der Waals surface area contributed by atoms with E-state index in [1.54, 1.807) is 6.92 Å². The Morgan fingerprint density at radius 2 is 2.07 bits per heavy atom. The number of nitrogens with zero attached hydrogens (tertiary/aromatic N) is 4. The zero-order chi connectivity index (χ0) is 10.8. The van der Waals surface area contributed by atoms with Gasteiger partial charge in [0.25, 0.3) is 5.22 Å². The number of hydrogen-bond acceptors (Lipinski definition) is 7. The fourth-order valence-corrected chi connectivity index (χ4v) is 1.72. The normalized spacial score (nSPS) is 10.5. The van der Waals surface area contributed by atoms with Crippen molar-refractivity contribution in [2.24, 2.45) is 0 Å². The van der Waals surface area contributed by atoms with Gasteiger partial charge in [0.1, 0.15) is 17.2 Å². The minimum absolute atomic E-state index is 0.453. The molecule has 2 aromatic rings. The van der Waals surface area contributed by atoms with Crippen molar-refractivity contribution in [1.82, 2.24) is 20.2 Å². The van der Waals surface area contributed by atoms with Crippen LogP contribution in [0.25, 0.3) is 0 Å². The second-order valence-corrected chi connectivity index (χ2v) is 3.82. The van der Waals surface area contributed by atoms with Gasteiger partial charge in [0.05, 0.1) is 0 Å². The summed E-state index contributed by atoms with van der Waals surface area (Å²) in [5.41, 5.74) is 6.47. The Morgan fingerprint density at radius 1 is 1.27 bits per heavy atom. The smallest absolute Gasteiger partial charge is 0.282 e. The molecule has 0 atom stereocenters. The Morgan fingerprint density at radius 3 is 2.73 bits per heavy atom. The summed E-state index contributed by atoms with van der Waals surface area (Å²) in [6.45, 7) is 3.58. The summed E-state index contributed by atoms with van der Waals surface area (Å²) in [4.78, 5) is 7.96. The molecule has 78 valence electrons. The van der Waals surface area contributed by atoms with Crippen LogP contribution in [0.4, 0.5) is 5.82 Å². The lowest BCUT2D eigenvalue weighted by molar-refractivity contribution is 0.429. The molecule has 7 heteroatoms. The van der Waals surface area contributed by atoms with Crippen molar-refractivity contribution in [3.63, 3.8) is 0 Å². The molecule has 2 N–H and O–H groups in total. The Balaban J connectivity index is 2.28. The summed E-state index contributed by atoms with van der Waals surface area (Å²) in [7, 11) is 0. The van der Waals surface area contributed by atoms with Gasteiger partial charge in [-0.1, -0.05) is 0 Å². The molecule has 2 aromatic heterocycles. The highest BCUT2D eigenvalue weighted by atomic mass is 32.2. The van der Waals surface area contributed by atoms with E-state index >= 15 is 0 Å². The first kappa shape index (κ1) is 9.91. The van der Waals surface area contributed by atoms with Crippen LogP contribution < -0.4 is 5.73 Å². The van der Waals surface area contributed by atoms with Gasteiger partial charge >= 0.3 is 0 Å². The number of rotatable bonds is 2. The molecule has 0 spiro atoms. The zero-order valence-electron chi connectivity index (χ0n) is 8.26. The van der Waals surface area contributed by atoms with Gasteiger partial charge < -0.3 is 10.2 Å². The van der Waals surface area contributed by atoms with Gasteiger partial charge in [-0.25, -0.2) is 9.97 Å². The van der Waals surface area contributed by atoms with E-state index in [2.05, 4.69) is 20.2 Å². The third-order valence-corrected chi connectivity index (χ3v) is 2.71. The van der Waals surface area contributed by atoms with Crippen molar-refractivity contribution >= 4 is 17.6 Å². The van der Waals surface area contributed by atoms with E-state index in [4.69, 9.17) is 10.2 Å². The van der Waals surface area contributed by atoms with E-state index in [-0.39, 0.29) is 0 Å². The molecule has 0 aliphatic rings. The average molecular weight is 223 g/mol. The SMILES string of the molecule is Cc1nnc(Sc2ncnc(N)c2C)o1. The molecule has 0 aromatic carbocycles. The van der Waals surface area contributed by atoms with Crippen LogP contribution in [0, 0.1) is 13.8 Å². The highest BCUT2D eigenvalue weighted by Gasteiger charge is 2.10. The number of anilines is 1. The third kappa shape index (κ3) is 2.07. The third-order valence-electron chi connectivity index (χ3n) is 1.77. The molecule has 0 saturated heterocycles. The molecular formula is C8H9N5OS. The van der Waals surface area contributed by atoms with Crippen molar-refractivity contribution in [2.75, 3.05) is 5.73 Å². The summed E-state index contributed by atoms with van der Waals surface area (Å²) in [5, 5.41) is 8.76. The molecule has 0 aliphatic heterocycles. The summed E-state index contributed by atoms with van der Waals surface area (Å²) in [6.07, 6.45) is 1.41. The number of nitrogen functional groups attached to an aromatic ring is 1. The van der Waals surface area contributed by atoms with Gasteiger partial charge in [-0.3, -0.25) is 0 Å². The van der Waals surface area contributed by atoms with E-state index in [0.29, 0.717) is 16.9 Å². The van der Waals surface area contributed by atoms with Crippen LogP contribution in [0.2, 0.25) is 0 Å². The van der Waals surface area contributed by atoms with Crippen LogP contribution in [0.3, 0.4) is 0 Å². The Labute approximate surface area is 90.3 Å². The molecule has 0 radical (unpaired) electrons. The van der Waals surface area contributed by atoms with Crippen molar-refractivity contribution in [3.05, 3.63) is 17.8 Å². The van der Waals surface area contributed by atoms with Crippen LogP contribution in [0.5, 0.6) is 0 Å². The van der Waals surface area contributed by atoms with Gasteiger partial charge in [-0.15, -0.1) is 10.2 Å². The van der Waals surface area contributed by atoms with E-state index in [0.717, 1.165) is 10.6 Å². The number of aryl methyl sites for hydroxylation is 1. The summed E-state index contributed by atoms with van der Waals surface area (Å²) in [6, 6.07) is 0. The molecule has 2 heterocycles. The van der Waals surface area contributed by atoms with Crippen molar-refractivity contribution in [1.29, 1.82) is 0 Å². The number of aromatic nitrogens is 4. The van der Waals surface area contributed by atoms with Crippen LogP contribution in [0.15, 0.2) is 21.0 Å². The number of nitrogens with two attached hydrogens (primary N) is 1. The van der Waals surface area contributed by atoms with Crippen LogP contribution in [-0.4, -0.2) is 20.2 Å². The molecule has 0 aliphatic carbocycles. The first-order valence-corrected chi connectivity index (χ1v) is 5.03. The quantitative estimate of drug-likeness (QED) is 0.765. The largest absolute Gasteiger partial charge is 0.416 e. The van der Waals surface area contributed by atoms with Crippen LogP contribution in [0.1, 0.15) is 11.5 Å². The molecular weight excluding hydrogens is 214 g/mol. The predicted octanol–water partition coefficient (Wildman–Crippen LogP) is 1.21. The van der Waals surface area contributed by atoms with Crippen molar-refractivity contribution < 1.29 is 4.42 Å². The van der Waals surface area contributed by atoms with E-state index in [9.17, 15) is 0 Å². The van der Waals surface area contributed by atoms with Gasteiger partial charge in [0.2, 0.25) is 5.89 Å². The lowest BCUT2D eigenvalue weighted by Gasteiger charge is -2.02. The Kier molecular flexibility index (Phi) is 2.55. The van der Waals surface area contributed by atoms with Crippen LogP contribution in [-0.2, 0) is 0 Å². The fourth-order valence-electron chi connectivity index (χ4n) is 0.952. The van der Waals surface area contributed by atoms with Crippen molar-refractivity contribution in [2.45, 2.75) is 24.1 Å². The van der Waals surface area contributed by atoms with Gasteiger partial charge in [0.15, 0.2) is 0 Å².